The Balaban J connectivity index is 2.15. The van der Waals surface area contributed by atoms with Crippen molar-refractivity contribution in [1.29, 1.82) is 0 Å². The second-order valence-corrected chi connectivity index (χ2v) is 3.99. The third kappa shape index (κ3) is 2.68. The highest BCUT2D eigenvalue weighted by molar-refractivity contribution is 5.15. The Kier molecular flexibility index (Phi) is 3.49. The van der Waals surface area contributed by atoms with Crippen molar-refractivity contribution >= 4 is 0 Å². The van der Waals surface area contributed by atoms with Crippen LogP contribution in [0.25, 0.3) is 0 Å². The molecule has 1 atom stereocenters. The van der Waals surface area contributed by atoms with Gasteiger partial charge in [-0.15, -0.1) is 0 Å². The summed E-state index contributed by atoms with van der Waals surface area (Å²) in [5.74, 6) is 0. The molecule has 17 heavy (non-hydrogen) atoms. The van der Waals surface area contributed by atoms with Gasteiger partial charge >= 0.3 is 0 Å². The molecule has 0 aliphatic carbocycles. The van der Waals surface area contributed by atoms with Gasteiger partial charge in [-0.2, -0.15) is 15.3 Å². The SMILES string of the molecule is CCn1nc(C)cc1CC(O)c1ccnnc1. The Bertz CT molecular complexity index is 481. The van der Waals surface area contributed by atoms with E-state index in [1.165, 1.54) is 0 Å². The summed E-state index contributed by atoms with van der Waals surface area (Å²) in [5, 5.41) is 21.9. The summed E-state index contributed by atoms with van der Waals surface area (Å²) < 4.78 is 1.91. The molecule has 2 aromatic heterocycles. The molecular formula is C12H16N4O. The first kappa shape index (κ1) is 11.7. The Labute approximate surface area is 100 Å². The molecule has 0 fully saturated rings. The zero-order valence-corrected chi connectivity index (χ0v) is 10.0. The lowest BCUT2D eigenvalue weighted by Crippen LogP contribution is -2.08. The van der Waals surface area contributed by atoms with E-state index >= 15 is 0 Å². The summed E-state index contributed by atoms with van der Waals surface area (Å²) in [6, 6.07) is 3.78. The number of aliphatic hydroxyl groups is 1. The molecule has 5 heteroatoms. The van der Waals surface area contributed by atoms with Crippen LogP contribution in [-0.4, -0.2) is 25.1 Å². The minimum atomic E-state index is -0.563. The van der Waals surface area contributed by atoms with Gasteiger partial charge in [-0.05, 0) is 26.0 Å². The van der Waals surface area contributed by atoms with Crippen LogP contribution in [0, 0.1) is 6.92 Å². The molecule has 2 aromatic rings. The van der Waals surface area contributed by atoms with E-state index in [0.717, 1.165) is 23.5 Å². The van der Waals surface area contributed by atoms with Crippen molar-refractivity contribution in [3.05, 3.63) is 41.5 Å². The maximum atomic E-state index is 10.1. The van der Waals surface area contributed by atoms with Gasteiger partial charge in [-0.3, -0.25) is 4.68 Å². The number of hydrogen-bond acceptors (Lipinski definition) is 4. The molecule has 90 valence electrons. The van der Waals surface area contributed by atoms with Crippen molar-refractivity contribution < 1.29 is 5.11 Å². The minimum absolute atomic E-state index is 0.542. The van der Waals surface area contributed by atoms with E-state index in [1.807, 2.05) is 24.6 Å². The van der Waals surface area contributed by atoms with Crippen LogP contribution in [0.5, 0.6) is 0 Å². The van der Waals surface area contributed by atoms with Crippen LogP contribution in [0.1, 0.15) is 30.0 Å². The largest absolute Gasteiger partial charge is 0.388 e. The Morgan fingerprint density at radius 3 is 2.88 bits per heavy atom. The minimum Gasteiger partial charge on any atom is -0.388 e. The van der Waals surface area contributed by atoms with E-state index in [2.05, 4.69) is 15.3 Å². The van der Waals surface area contributed by atoms with Crippen LogP contribution in [-0.2, 0) is 13.0 Å². The van der Waals surface area contributed by atoms with Crippen molar-refractivity contribution in [1.82, 2.24) is 20.0 Å². The maximum Gasteiger partial charge on any atom is 0.0861 e. The summed E-state index contributed by atoms with van der Waals surface area (Å²) in [7, 11) is 0. The molecule has 0 amide bonds. The zero-order chi connectivity index (χ0) is 12.3. The quantitative estimate of drug-likeness (QED) is 0.862. The summed E-state index contributed by atoms with van der Waals surface area (Å²) in [6.45, 7) is 4.80. The molecule has 5 nitrogen and oxygen atoms in total. The van der Waals surface area contributed by atoms with E-state index in [9.17, 15) is 5.11 Å². The van der Waals surface area contributed by atoms with E-state index in [1.54, 1.807) is 18.5 Å². The Morgan fingerprint density at radius 2 is 2.24 bits per heavy atom. The van der Waals surface area contributed by atoms with Crippen LogP contribution < -0.4 is 0 Å². The average Bonchev–Trinajstić information content (AvgIpc) is 2.70. The molecule has 1 unspecified atom stereocenters. The summed E-state index contributed by atoms with van der Waals surface area (Å²) >= 11 is 0. The molecule has 0 saturated carbocycles. The molecule has 0 saturated heterocycles. The van der Waals surface area contributed by atoms with Gasteiger partial charge in [0.05, 0.1) is 18.0 Å². The second-order valence-electron chi connectivity index (χ2n) is 3.99. The molecule has 1 N–H and O–H groups in total. The second kappa shape index (κ2) is 5.05. The predicted octanol–water partition coefficient (Wildman–Crippen LogP) is 1.28. The van der Waals surface area contributed by atoms with Gasteiger partial charge in [0.1, 0.15) is 0 Å². The van der Waals surface area contributed by atoms with Gasteiger partial charge in [0.2, 0.25) is 0 Å². The van der Waals surface area contributed by atoms with Crippen LogP contribution in [0.2, 0.25) is 0 Å². The lowest BCUT2D eigenvalue weighted by atomic mass is 10.1. The summed E-state index contributed by atoms with van der Waals surface area (Å²) in [5.41, 5.74) is 2.79. The van der Waals surface area contributed by atoms with Crippen molar-refractivity contribution in [3.8, 4) is 0 Å². The van der Waals surface area contributed by atoms with Crippen LogP contribution in [0.15, 0.2) is 24.5 Å². The topological polar surface area (TPSA) is 63.8 Å². The van der Waals surface area contributed by atoms with Gasteiger partial charge in [-0.1, -0.05) is 0 Å². The van der Waals surface area contributed by atoms with Crippen molar-refractivity contribution in [2.24, 2.45) is 0 Å². The normalized spacial score (nSPS) is 12.6. The molecule has 0 aromatic carbocycles. The van der Waals surface area contributed by atoms with Gasteiger partial charge in [0.15, 0.2) is 0 Å². The number of aryl methyl sites for hydroxylation is 2. The summed E-state index contributed by atoms with van der Waals surface area (Å²) in [4.78, 5) is 0. The fourth-order valence-electron chi connectivity index (χ4n) is 1.85. The van der Waals surface area contributed by atoms with Crippen molar-refractivity contribution in [2.45, 2.75) is 32.9 Å². The van der Waals surface area contributed by atoms with E-state index in [-0.39, 0.29) is 0 Å². The highest BCUT2D eigenvalue weighted by atomic mass is 16.3. The molecule has 0 aliphatic heterocycles. The van der Waals surface area contributed by atoms with Gasteiger partial charge in [0.25, 0.3) is 0 Å². The number of aromatic nitrogens is 4. The fraction of sp³-hybridized carbons (Fsp3) is 0.417. The predicted molar refractivity (Wildman–Crippen MR) is 63.3 cm³/mol. The Morgan fingerprint density at radius 1 is 1.41 bits per heavy atom. The van der Waals surface area contributed by atoms with Gasteiger partial charge in [0, 0.05) is 30.4 Å². The fourth-order valence-corrected chi connectivity index (χ4v) is 1.85. The molecule has 2 rings (SSSR count). The van der Waals surface area contributed by atoms with Gasteiger partial charge < -0.3 is 5.11 Å². The third-order valence-electron chi connectivity index (χ3n) is 2.68. The summed E-state index contributed by atoms with van der Waals surface area (Å²) in [6.07, 6.45) is 3.15. The smallest absolute Gasteiger partial charge is 0.0861 e. The molecule has 0 bridgehead atoms. The molecule has 0 spiro atoms. The first-order valence-corrected chi connectivity index (χ1v) is 5.68. The number of hydrogen-bond donors (Lipinski definition) is 1. The zero-order valence-electron chi connectivity index (χ0n) is 10.0. The lowest BCUT2D eigenvalue weighted by Gasteiger charge is -2.10. The molecule has 0 aliphatic rings. The number of rotatable bonds is 4. The third-order valence-corrected chi connectivity index (χ3v) is 2.68. The number of nitrogens with zero attached hydrogens (tertiary/aromatic N) is 4. The Hall–Kier alpha value is -1.75. The van der Waals surface area contributed by atoms with E-state index in [4.69, 9.17) is 0 Å². The van der Waals surface area contributed by atoms with E-state index in [0.29, 0.717) is 6.42 Å². The maximum absolute atomic E-state index is 10.1. The molecular weight excluding hydrogens is 216 g/mol. The van der Waals surface area contributed by atoms with Crippen molar-refractivity contribution in [3.63, 3.8) is 0 Å². The first-order valence-electron chi connectivity index (χ1n) is 5.68. The van der Waals surface area contributed by atoms with Gasteiger partial charge in [-0.25, -0.2) is 0 Å². The lowest BCUT2D eigenvalue weighted by molar-refractivity contribution is 0.175. The highest BCUT2D eigenvalue weighted by Gasteiger charge is 2.12. The molecule has 0 radical (unpaired) electrons. The van der Waals surface area contributed by atoms with Crippen LogP contribution in [0.3, 0.4) is 0 Å². The van der Waals surface area contributed by atoms with Crippen LogP contribution >= 0.6 is 0 Å². The molecule has 2 heterocycles. The monoisotopic (exact) mass is 232 g/mol. The van der Waals surface area contributed by atoms with Crippen LogP contribution in [0.4, 0.5) is 0 Å². The van der Waals surface area contributed by atoms with Crippen molar-refractivity contribution in [2.75, 3.05) is 0 Å². The number of aliphatic hydroxyl groups excluding tert-OH is 1. The highest BCUT2D eigenvalue weighted by Crippen LogP contribution is 2.17. The van der Waals surface area contributed by atoms with E-state index < -0.39 is 6.10 Å². The first-order chi connectivity index (χ1) is 8.20. The average molecular weight is 232 g/mol. The standard InChI is InChI=1S/C12H16N4O/c1-3-16-11(6-9(2)15-16)7-12(17)10-4-5-13-14-8-10/h4-6,8,12,17H,3,7H2,1-2H3.